The van der Waals surface area contributed by atoms with Crippen molar-refractivity contribution in [2.45, 2.75) is 24.5 Å². The molecule has 0 bridgehead atoms. The highest BCUT2D eigenvalue weighted by Gasteiger charge is 2.28. The lowest BCUT2D eigenvalue weighted by atomic mass is 10.3. The number of hydrogen-bond donors (Lipinski definition) is 0. The van der Waals surface area contributed by atoms with Gasteiger partial charge in [-0.05, 0) is 13.8 Å². The normalized spacial score (nSPS) is 13.8. The molecule has 2 atom stereocenters. The predicted octanol–water partition coefficient (Wildman–Crippen LogP) is 1.47. The van der Waals surface area contributed by atoms with Crippen LogP contribution in [-0.4, -0.2) is 55.2 Å². The zero-order valence-corrected chi connectivity index (χ0v) is 12.4. The second kappa shape index (κ2) is 10.5. The number of ether oxygens (including phenoxy) is 3. The second-order valence-corrected chi connectivity index (χ2v) is 4.96. The molecule has 5 nitrogen and oxygen atoms in total. The molecule has 0 aromatic carbocycles. The average Bonchev–Trinajstić information content (AvgIpc) is 2.34. The van der Waals surface area contributed by atoms with Crippen molar-refractivity contribution in [2.24, 2.45) is 0 Å². The first kappa shape index (κ1) is 17.5. The monoisotopic (exact) mass is 298 g/mol. The number of hydrogen-bond acceptors (Lipinski definition) is 6. The minimum Gasteiger partial charge on any atom is -0.465 e. The summed E-state index contributed by atoms with van der Waals surface area (Å²) in [6, 6.07) is 0. The van der Waals surface area contributed by atoms with Crippen LogP contribution in [0.25, 0.3) is 0 Å². The van der Waals surface area contributed by atoms with E-state index < -0.39 is 11.3 Å². The molecule has 0 aromatic heterocycles. The molecule has 0 aliphatic rings. The van der Waals surface area contributed by atoms with Crippen molar-refractivity contribution in [1.29, 1.82) is 0 Å². The lowest BCUT2D eigenvalue weighted by Gasteiger charge is -2.19. The van der Waals surface area contributed by atoms with Crippen LogP contribution in [0.5, 0.6) is 0 Å². The van der Waals surface area contributed by atoms with E-state index in [2.05, 4.69) is 0 Å². The maximum atomic E-state index is 11.5. The van der Waals surface area contributed by atoms with Gasteiger partial charge in [-0.1, -0.05) is 0 Å². The number of halogens is 1. The third kappa shape index (κ3) is 7.08. The fourth-order valence-electron chi connectivity index (χ4n) is 1.13. The Morgan fingerprint density at radius 1 is 1.22 bits per heavy atom. The summed E-state index contributed by atoms with van der Waals surface area (Å²) in [5, 5.41) is -1.19. The van der Waals surface area contributed by atoms with Crippen molar-refractivity contribution in [3.63, 3.8) is 0 Å². The van der Waals surface area contributed by atoms with Crippen molar-refractivity contribution in [2.75, 3.05) is 32.7 Å². The van der Waals surface area contributed by atoms with Gasteiger partial charge in [0.25, 0.3) is 0 Å². The summed E-state index contributed by atoms with van der Waals surface area (Å²) in [5.74, 6) is -0.710. The molecule has 0 aliphatic carbocycles. The molecule has 0 fully saturated rings. The molecule has 0 heterocycles. The first-order chi connectivity index (χ1) is 8.56. The van der Waals surface area contributed by atoms with Crippen LogP contribution in [0.3, 0.4) is 0 Å². The fourth-order valence-corrected chi connectivity index (χ4v) is 2.43. The summed E-state index contributed by atoms with van der Waals surface area (Å²) in [4.78, 5) is 22.7. The van der Waals surface area contributed by atoms with Gasteiger partial charge >= 0.3 is 11.9 Å². The van der Waals surface area contributed by atoms with E-state index in [1.165, 1.54) is 18.9 Å². The Labute approximate surface area is 116 Å². The molecule has 2 unspecified atom stereocenters. The molecule has 0 N–H and O–H groups in total. The lowest BCUT2D eigenvalue weighted by molar-refractivity contribution is -0.143. The molecule has 0 saturated heterocycles. The SMILES string of the molecule is CCOC(=O)CSC(COC)C(Cl)C(=O)OCC. The summed E-state index contributed by atoms with van der Waals surface area (Å²) in [6.07, 6.45) is 0. The summed E-state index contributed by atoms with van der Waals surface area (Å²) in [5.41, 5.74) is 0. The van der Waals surface area contributed by atoms with Gasteiger partial charge in [0.15, 0.2) is 0 Å². The van der Waals surface area contributed by atoms with Crippen molar-refractivity contribution in [3.05, 3.63) is 0 Å². The largest absolute Gasteiger partial charge is 0.465 e. The van der Waals surface area contributed by atoms with Crippen LogP contribution < -0.4 is 0 Å². The summed E-state index contributed by atoms with van der Waals surface area (Å²) >= 11 is 7.21. The summed E-state index contributed by atoms with van der Waals surface area (Å²) < 4.78 is 14.6. The van der Waals surface area contributed by atoms with Crippen LogP contribution >= 0.6 is 23.4 Å². The van der Waals surface area contributed by atoms with Gasteiger partial charge in [0.05, 0.1) is 30.8 Å². The van der Waals surface area contributed by atoms with Crippen molar-refractivity contribution in [1.82, 2.24) is 0 Å². The van der Waals surface area contributed by atoms with Gasteiger partial charge < -0.3 is 14.2 Å². The molecule has 0 aliphatic heterocycles. The van der Waals surface area contributed by atoms with Crippen LogP contribution in [0, 0.1) is 0 Å². The Bertz CT molecular complexity index is 262. The number of thioether (sulfide) groups is 1. The van der Waals surface area contributed by atoms with Gasteiger partial charge in [-0.3, -0.25) is 9.59 Å². The van der Waals surface area contributed by atoms with Crippen LogP contribution in [0.2, 0.25) is 0 Å². The molecule has 0 rings (SSSR count). The minimum atomic E-state index is -0.843. The van der Waals surface area contributed by atoms with Gasteiger partial charge in [-0.15, -0.1) is 23.4 Å². The fraction of sp³-hybridized carbons (Fsp3) is 0.818. The standard InChI is InChI=1S/C11H19ClO5S/c1-4-16-9(13)7-18-8(6-15-3)10(12)11(14)17-5-2/h8,10H,4-7H2,1-3H3. The molecule has 106 valence electrons. The summed E-state index contributed by atoms with van der Waals surface area (Å²) in [7, 11) is 1.51. The zero-order valence-electron chi connectivity index (χ0n) is 10.8. The Hall–Kier alpha value is -0.460. The highest BCUT2D eigenvalue weighted by molar-refractivity contribution is 8.00. The maximum Gasteiger partial charge on any atom is 0.325 e. The zero-order chi connectivity index (χ0) is 14.0. The van der Waals surface area contributed by atoms with Crippen molar-refractivity contribution < 1.29 is 23.8 Å². The van der Waals surface area contributed by atoms with Gasteiger partial charge in [0.1, 0.15) is 5.38 Å². The minimum absolute atomic E-state index is 0.129. The molecule has 7 heteroatoms. The van der Waals surface area contributed by atoms with Crippen LogP contribution in [-0.2, 0) is 23.8 Å². The van der Waals surface area contributed by atoms with E-state index in [1.54, 1.807) is 13.8 Å². The van der Waals surface area contributed by atoms with Crippen molar-refractivity contribution in [3.8, 4) is 0 Å². The molecule has 0 aromatic rings. The molecular weight excluding hydrogens is 280 g/mol. The molecule has 0 radical (unpaired) electrons. The molecule has 0 spiro atoms. The third-order valence-corrected chi connectivity index (χ3v) is 3.76. The van der Waals surface area contributed by atoms with Gasteiger partial charge in [0.2, 0.25) is 0 Å². The highest BCUT2D eigenvalue weighted by Crippen LogP contribution is 2.21. The first-order valence-corrected chi connectivity index (χ1v) is 7.12. The molecule has 0 amide bonds. The quantitative estimate of drug-likeness (QED) is 0.474. The van der Waals surface area contributed by atoms with Crippen LogP contribution in [0.4, 0.5) is 0 Å². The Morgan fingerprint density at radius 3 is 2.33 bits per heavy atom. The van der Waals surface area contributed by atoms with Gasteiger partial charge in [-0.2, -0.15) is 0 Å². The van der Waals surface area contributed by atoms with Crippen LogP contribution in [0.15, 0.2) is 0 Å². The maximum absolute atomic E-state index is 11.5. The topological polar surface area (TPSA) is 61.8 Å². The number of carbonyl (C=O) groups excluding carboxylic acids is 2. The molecular formula is C11H19ClO5S. The molecule has 18 heavy (non-hydrogen) atoms. The lowest BCUT2D eigenvalue weighted by Crippen LogP contribution is -2.33. The average molecular weight is 299 g/mol. The Morgan fingerprint density at radius 2 is 1.83 bits per heavy atom. The van der Waals surface area contributed by atoms with Crippen LogP contribution in [0.1, 0.15) is 13.8 Å². The van der Waals surface area contributed by atoms with E-state index in [0.717, 1.165) is 0 Å². The number of methoxy groups -OCH3 is 1. The van der Waals surface area contributed by atoms with E-state index in [-0.39, 0.29) is 30.2 Å². The van der Waals surface area contributed by atoms with Gasteiger partial charge in [-0.25, -0.2) is 0 Å². The van der Waals surface area contributed by atoms with E-state index in [1.807, 2.05) is 0 Å². The van der Waals surface area contributed by atoms with Crippen molar-refractivity contribution >= 4 is 35.3 Å². The Kier molecular flexibility index (Phi) is 10.2. The highest BCUT2D eigenvalue weighted by atomic mass is 35.5. The smallest absolute Gasteiger partial charge is 0.325 e. The second-order valence-electron chi connectivity index (χ2n) is 3.26. The number of alkyl halides is 1. The number of esters is 2. The number of carbonyl (C=O) groups is 2. The van der Waals surface area contributed by atoms with E-state index in [0.29, 0.717) is 6.61 Å². The Balaban J connectivity index is 4.27. The predicted molar refractivity (Wildman–Crippen MR) is 71.0 cm³/mol. The number of rotatable bonds is 9. The van der Waals surface area contributed by atoms with E-state index in [9.17, 15) is 9.59 Å². The van der Waals surface area contributed by atoms with E-state index >= 15 is 0 Å². The third-order valence-electron chi connectivity index (χ3n) is 1.89. The summed E-state index contributed by atoms with van der Waals surface area (Å²) in [6.45, 7) is 4.30. The van der Waals surface area contributed by atoms with E-state index in [4.69, 9.17) is 25.8 Å². The van der Waals surface area contributed by atoms with Gasteiger partial charge in [0, 0.05) is 7.11 Å². The molecule has 0 saturated carbocycles. The first-order valence-electron chi connectivity index (χ1n) is 5.63.